The van der Waals surface area contributed by atoms with E-state index >= 15 is 0 Å². The van der Waals surface area contributed by atoms with Gasteiger partial charge in [-0.05, 0) is 83.3 Å². The Morgan fingerprint density at radius 1 is 0.722 bits per heavy atom. The van der Waals surface area contributed by atoms with Gasteiger partial charge in [-0.3, -0.25) is 4.99 Å². The summed E-state index contributed by atoms with van der Waals surface area (Å²) in [6, 6.07) is 31.6. The molecular formula is C32H32NO3. The van der Waals surface area contributed by atoms with E-state index in [1.54, 1.807) is 18.3 Å². The molecule has 0 aromatic heterocycles. The van der Waals surface area contributed by atoms with Gasteiger partial charge in [0.2, 0.25) is 0 Å². The largest absolute Gasteiger partial charge is 0.508 e. The van der Waals surface area contributed by atoms with Gasteiger partial charge >= 0.3 is 0 Å². The van der Waals surface area contributed by atoms with E-state index < -0.39 is 0 Å². The minimum Gasteiger partial charge on any atom is -0.508 e. The van der Waals surface area contributed by atoms with Crippen LogP contribution in [0.2, 0.25) is 0 Å². The molecule has 0 fully saturated rings. The van der Waals surface area contributed by atoms with Crippen LogP contribution in [0, 0.1) is 6.42 Å². The van der Waals surface area contributed by atoms with Crippen LogP contribution in [0.1, 0.15) is 43.0 Å². The fourth-order valence-corrected chi connectivity index (χ4v) is 3.94. The predicted molar refractivity (Wildman–Crippen MR) is 146 cm³/mol. The van der Waals surface area contributed by atoms with Crippen LogP contribution in [0.3, 0.4) is 0 Å². The fraction of sp³-hybridized carbons (Fsp3) is 0.188. The van der Waals surface area contributed by atoms with Crippen molar-refractivity contribution in [1.82, 2.24) is 0 Å². The first kappa shape index (κ1) is 25.1. The topological polar surface area (TPSA) is 51.0 Å². The van der Waals surface area contributed by atoms with Crippen LogP contribution >= 0.6 is 0 Å². The lowest BCUT2D eigenvalue weighted by Crippen LogP contribution is -2.18. The van der Waals surface area contributed by atoms with Crippen molar-refractivity contribution in [1.29, 1.82) is 0 Å². The molecule has 36 heavy (non-hydrogen) atoms. The first-order valence-corrected chi connectivity index (χ1v) is 12.1. The Morgan fingerprint density at radius 2 is 1.22 bits per heavy atom. The van der Waals surface area contributed by atoms with Crippen molar-refractivity contribution in [2.24, 2.45) is 4.99 Å². The molecule has 0 unspecified atom stereocenters. The van der Waals surface area contributed by atoms with Gasteiger partial charge in [-0.25, -0.2) is 0 Å². The van der Waals surface area contributed by atoms with Crippen LogP contribution < -0.4 is 9.47 Å². The maximum atomic E-state index is 9.59. The quantitative estimate of drug-likeness (QED) is 0.237. The number of ether oxygens (including phenoxy) is 2. The molecule has 4 aromatic rings. The third kappa shape index (κ3) is 6.54. The molecule has 0 atom stereocenters. The van der Waals surface area contributed by atoms with Crippen molar-refractivity contribution < 1.29 is 14.6 Å². The third-order valence-corrected chi connectivity index (χ3v) is 6.18. The molecule has 4 heteroatoms. The highest BCUT2D eigenvalue weighted by Crippen LogP contribution is 2.33. The van der Waals surface area contributed by atoms with Gasteiger partial charge in [0, 0.05) is 11.6 Å². The second kappa shape index (κ2) is 11.6. The highest BCUT2D eigenvalue weighted by molar-refractivity contribution is 5.70. The maximum absolute atomic E-state index is 9.59. The second-order valence-electron chi connectivity index (χ2n) is 9.20. The van der Waals surface area contributed by atoms with Gasteiger partial charge in [-0.1, -0.05) is 63.2 Å². The summed E-state index contributed by atoms with van der Waals surface area (Å²) in [6.07, 6.45) is 3.67. The summed E-state index contributed by atoms with van der Waals surface area (Å²) in [5.41, 5.74) is 5.23. The number of aliphatic imine (C=N–C) groups is 1. The van der Waals surface area contributed by atoms with Crippen LogP contribution in [0.25, 0.3) is 0 Å². The number of phenolic OH excluding ortho intramolecular Hbond substituents is 1. The number of nitrogens with zero attached hydrogens (tertiary/aromatic N) is 1. The molecule has 0 bridgehead atoms. The van der Waals surface area contributed by atoms with E-state index in [-0.39, 0.29) is 11.2 Å². The lowest BCUT2D eigenvalue weighted by atomic mass is 9.78. The zero-order chi connectivity index (χ0) is 25.4. The van der Waals surface area contributed by atoms with Gasteiger partial charge in [0.15, 0.2) is 0 Å². The van der Waals surface area contributed by atoms with E-state index in [2.05, 4.69) is 49.2 Å². The molecule has 0 aliphatic rings. The molecule has 0 amide bonds. The summed E-state index contributed by atoms with van der Waals surface area (Å²) in [6.45, 7) is 7.26. The van der Waals surface area contributed by atoms with E-state index in [0.717, 1.165) is 33.9 Å². The van der Waals surface area contributed by atoms with E-state index in [4.69, 9.17) is 9.47 Å². The van der Waals surface area contributed by atoms with E-state index in [0.29, 0.717) is 13.2 Å². The molecule has 0 saturated heterocycles. The highest BCUT2D eigenvalue weighted by Gasteiger charge is 2.23. The smallest absolute Gasteiger partial charge is 0.119 e. The number of phenols is 1. The van der Waals surface area contributed by atoms with E-state index in [1.807, 2.05) is 67.9 Å². The summed E-state index contributed by atoms with van der Waals surface area (Å²) in [7, 11) is 0. The van der Waals surface area contributed by atoms with Gasteiger partial charge in [-0.15, -0.1) is 0 Å². The van der Waals surface area contributed by atoms with Gasteiger partial charge in [0.05, 0.1) is 5.69 Å². The molecule has 0 spiro atoms. The maximum Gasteiger partial charge on any atom is 0.119 e. The molecular weight excluding hydrogens is 446 g/mol. The fourth-order valence-electron chi connectivity index (χ4n) is 3.94. The third-order valence-electron chi connectivity index (χ3n) is 6.18. The summed E-state index contributed by atoms with van der Waals surface area (Å²) in [4.78, 5) is 4.32. The van der Waals surface area contributed by atoms with Crippen molar-refractivity contribution in [3.05, 3.63) is 126 Å². The summed E-state index contributed by atoms with van der Waals surface area (Å²) in [5, 5.41) is 9.59. The number of hydrogen-bond donors (Lipinski definition) is 1. The molecule has 0 saturated carbocycles. The first-order chi connectivity index (χ1) is 17.4. The van der Waals surface area contributed by atoms with Gasteiger partial charge in [0.25, 0.3) is 0 Å². The van der Waals surface area contributed by atoms with Crippen molar-refractivity contribution in [3.63, 3.8) is 0 Å². The number of benzene rings is 4. The van der Waals surface area contributed by atoms with Gasteiger partial charge in [-0.2, -0.15) is 0 Å². The Kier molecular flexibility index (Phi) is 8.06. The van der Waals surface area contributed by atoms with Crippen LogP contribution in [-0.2, 0) is 18.6 Å². The highest BCUT2D eigenvalue weighted by atomic mass is 16.5. The van der Waals surface area contributed by atoms with Crippen LogP contribution in [0.15, 0.2) is 102 Å². The molecule has 0 aliphatic carbocycles. The van der Waals surface area contributed by atoms with Crippen molar-refractivity contribution in [3.8, 4) is 17.2 Å². The normalized spacial score (nSPS) is 11.5. The van der Waals surface area contributed by atoms with Crippen LogP contribution in [-0.4, -0.2) is 11.3 Å². The lowest BCUT2D eigenvalue weighted by Gasteiger charge is -2.26. The Balaban J connectivity index is 1.32. The van der Waals surface area contributed by atoms with Crippen LogP contribution in [0.4, 0.5) is 5.69 Å². The Morgan fingerprint density at radius 3 is 1.75 bits per heavy atom. The van der Waals surface area contributed by atoms with Crippen LogP contribution in [0.5, 0.6) is 17.2 Å². The van der Waals surface area contributed by atoms with Crippen molar-refractivity contribution in [2.75, 3.05) is 0 Å². The molecule has 0 aliphatic heterocycles. The molecule has 183 valence electrons. The number of rotatable bonds is 10. The molecule has 1 N–H and O–H groups in total. The Labute approximate surface area is 213 Å². The molecule has 1 radical (unpaired) electrons. The average Bonchev–Trinajstić information content (AvgIpc) is 2.91. The van der Waals surface area contributed by atoms with E-state index in [9.17, 15) is 5.11 Å². The lowest BCUT2D eigenvalue weighted by molar-refractivity contribution is 0.300. The van der Waals surface area contributed by atoms with Crippen molar-refractivity contribution in [2.45, 2.75) is 39.4 Å². The minimum absolute atomic E-state index is 0.178. The SMILES string of the molecule is C[CH]C=Nc1ccc(OCc2cccc(COc3ccc(C(C)(C)c4ccc(O)cc4)cc3)c2)cc1. The predicted octanol–water partition coefficient (Wildman–Crippen LogP) is 7.80. The Hall–Kier alpha value is -4.05. The summed E-state index contributed by atoms with van der Waals surface area (Å²) in [5.74, 6) is 1.91. The minimum atomic E-state index is -0.178. The Bertz CT molecular complexity index is 1270. The van der Waals surface area contributed by atoms with Gasteiger partial charge < -0.3 is 14.6 Å². The second-order valence-corrected chi connectivity index (χ2v) is 9.20. The summed E-state index contributed by atoms with van der Waals surface area (Å²) >= 11 is 0. The number of hydrogen-bond acceptors (Lipinski definition) is 4. The van der Waals surface area contributed by atoms with Crippen molar-refractivity contribution >= 4 is 11.9 Å². The zero-order valence-electron chi connectivity index (χ0n) is 21.0. The molecule has 0 heterocycles. The molecule has 4 nitrogen and oxygen atoms in total. The van der Waals surface area contributed by atoms with Gasteiger partial charge in [0.1, 0.15) is 30.5 Å². The average molecular weight is 479 g/mol. The standard InChI is InChI=1S/C32H32NO3/c1-4-20-33-28-12-18-31(19-13-28)36-23-25-7-5-6-24(21-25)22-35-30-16-10-27(11-17-30)32(2,3)26-8-14-29(34)15-9-26/h4-21,34H,22-23H2,1-3H3. The molecule has 4 rings (SSSR count). The monoisotopic (exact) mass is 478 g/mol. The zero-order valence-corrected chi connectivity index (χ0v) is 21.0. The molecule has 4 aromatic carbocycles. The number of aromatic hydroxyl groups is 1. The first-order valence-electron chi connectivity index (χ1n) is 12.1. The van der Waals surface area contributed by atoms with E-state index in [1.165, 1.54) is 5.56 Å². The summed E-state index contributed by atoms with van der Waals surface area (Å²) < 4.78 is 12.0.